The third kappa shape index (κ3) is 2.50. The zero-order valence-electron chi connectivity index (χ0n) is 12.1. The highest BCUT2D eigenvalue weighted by Crippen LogP contribution is 2.29. The number of carbonyl (C=O) groups is 1. The smallest absolute Gasteiger partial charge is 0.156 e. The van der Waals surface area contributed by atoms with Crippen molar-refractivity contribution in [3.8, 4) is 11.3 Å². The minimum absolute atomic E-state index is 0.387. The van der Waals surface area contributed by atoms with Gasteiger partial charge in [0.15, 0.2) is 6.29 Å². The molecule has 0 aliphatic rings. The van der Waals surface area contributed by atoms with Crippen LogP contribution in [0.15, 0.2) is 30.4 Å². The van der Waals surface area contributed by atoms with E-state index in [9.17, 15) is 4.79 Å². The summed E-state index contributed by atoms with van der Waals surface area (Å²) >= 11 is 0. The van der Waals surface area contributed by atoms with Crippen molar-refractivity contribution in [3.05, 3.63) is 47.0 Å². The average molecular weight is 269 g/mol. The molecule has 2 rings (SSSR count). The van der Waals surface area contributed by atoms with Gasteiger partial charge in [0.1, 0.15) is 11.5 Å². The Morgan fingerprint density at radius 1 is 1.45 bits per heavy atom. The number of aryl methyl sites for hydroxylation is 2. The van der Waals surface area contributed by atoms with Gasteiger partial charge in [0.05, 0.1) is 12.1 Å². The summed E-state index contributed by atoms with van der Waals surface area (Å²) in [5.74, 6) is 0.387. The summed E-state index contributed by atoms with van der Waals surface area (Å²) in [5, 5.41) is 4.48. The number of anilines is 1. The van der Waals surface area contributed by atoms with E-state index < -0.39 is 0 Å². The summed E-state index contributed by atoms with van der Waals surface area (Å²) in [7, 11) is 0. The van der Waals surface area contributed by atoms with Gasteiger partial charge in [-0.1, -0.05) is 35.9 Å². The molecule has 0 aliphatic heterocycles. The van der Waals surface area contributed by atoms with E-state index in [1.165, 1.54) is 5.56 Å². The van der Waals surface area contributed by atoms with Crippen LogP contribution in [0, 0.1) is 13.8 Å². The lowest BCUT2D eigenvalue weighted by Crippen LogP contribution is -2.05. The highest BCUT2D eigenvalue weighted by atomic mass is 16.1. The Bertz CT molecular complexity index is 683. The SMILES string of the molecule is C=C(C)Cn1nc(-c2ccc(C)cc2C)c(C=O)c1N. The van der Waals surface area contributed by atoms with Gasteiger partial charge in [-0.15, -0.1) is 0 Å². The van der Waals surface area contributed by atoms with Gasteiger partial charge in [0.25, 0.3) is 0 Å². The number of allylic oxidation sites excluding steroid dienone is 1. The van der Waals surface area contributed by atoms with E-state index in [1.54, 1.807) is 4.68 Å². The van der Waals surface area contributed by atoms with Crippen molar-refractivity contribution in [2.75, 3.05) is 5.73 Å². The predicted molar refractivity (Wildman–Crippen MR) is 81.8 cm³/mol. The van der Waals surface area contributed by atoms with Gasteiger partial charge in [0, 0.05) is 5.56 Å². The molecule has 2 N–H and O–H groups in total. The number of nitrogens with two attached hydrogens (primary N) is 1. The first-order chi connectivity index (χ1) is 9.43. The lowest BCUT2D eigenvalue weighted by molar-refractivity contribution is 0.112. The number of nitrogen functional groups attached to an aromatic ring is 1. The first kappa shape index (κ1) is 14.1. The highest BCUT2D eigenvalue weighted by molar-refractivity contribution is 5.92. The van der Waals surface area contributed by atoms with Gasteiger partial charge < -0.3 is 5.73 Å². The van der Waals surface area contributed by atoms with Crippen molar-refractivity contribution in [1.29, 1.82) is 0 Å². The van der Waals surface area contributed by atoms with Crippen LogP contribution in [-0.2, 0) is 6.54 Å². The summed E-state index contributed by atoms with van der Waals surface area (Å²) in [5.41, 5.74) is 11.2. The average Bonchev–Trinajstić information content (AvgIpc) is 2.65. The van der Waals surface area contributed by atoms with Gasteiger partial charge in [0.2, 0.25) is 0 Å². The normalized spacial score (nSPS) is 10.6. The molecule has 1 aromatic carbocycles. The maximum absolute atomic E-state index is 11.3. The van der Waals surface area contributed by atoms with E-state index >= 15 is 0 Å². The first-order valence-corrected chi connectivity index (χ1v) is 6.47. The number of hydrogen-bond donors (Lipinski definition) is 1. The second-order valence-electron chi connectivity index (χ2n) is 5.20. The van der Waals surface area contributed by atoms with Crippen molar-refractivity contribution in [2.45, 2.75) is 27.3 Å². The second-order valence-corrected chi connectivity index (χ2v) is 5.20. The Kier molecular flexibility index (Phi) is 3.74. The van der Waals surface area contributed by atoms with Crippen LogP contribution in [0.4, 0.5) is 5.82 Å². The van der Waals surface area contributed by atoms with Gasteiger partial charge in [-0.3, -0.25) is 4.79 Å². The van der Waals surface area contributed by atoms with Crippen LogP contribution in [0.2, 0.25) is 0 Å². The monoisotopic (exact) mass is 269 g/mol. The van der Waals surface area contributed by atoms with E-state index in [-0.39, 0.29) is 0 Å². The Morgan fingerprint density at radius 2 is 2.15 bits per heavy atom. The predicted octanol–water partition coefficient (Wildman–Crippen LogP) is 3.14. The molecule has 0 spiro atoms. The van der Waals surface area contributed by atoms with Crippen molar-refractivity contribution >= 4 is 12.1 Å². The quantitative estimate of drug-likeness (QED) is 0.685. The van der Waals surface area contributed by atoms with E-state index in [1.807, 2.05) is 32.9 Å². The second kappa shape index (κ2) is 5.33. The van der Waals surface area contributed by atoms with Crippen LogP contribution in [0.5, 0.6) is 0 Å². The van der Waals surface area contributed by atoms with Crippen LogP contribution in [0.3, 0.4) is 0 Å². The van der Waals surface area contributed by atoms with Crippen LogP contribution in [-0.4, -0.2) is 16.1 Å². The molecule has 0 fully saturated rings. The fourth-order valence-electron chi connectivity index (χ4n) is 2.26. The third-order valence-corrected chi connectivity index (χ3v) is 3.20. The number of aromatic nitrogens is 2. The summed E-state index contributed by atoms with van der Waals surface area (Å²) < 4.78 is 1.63. The lowest BCUT2D eigenvalue weighted by Gasteiger charge is -2.04. The fourth-order valence-corrected chi connectivity index (χ4v) is 2.26. The lowest BCUT2D eigenvalue weighted by atomic mass is 10.0. The number of carbonyl (C=O) groups excluding carboxylic acids is 1. The van der Waals surface area contributed by atoms with Crippen molar-refractivity contribution in [3.63, 3.8) is 0 Å². The summed E-state index contributed by atoms with van der Waals surface area (Å²) in [6.07, 6.45) is 0.770. The number of aldehydes is 1. The van der Waals surface area contributed by atoms with Crippen molar-refractivity contribution in [2.24, 2.45) is 0 Å². The largest absolute Gasteiger partial charge is 0.383 e. The maximum Gasteiger partial charge on any atom is 0.156 e. The van der Waals surface area contributed by atoms with Crippen LogP contribution >= 0.6 is 0 Å². The molecule has 4 heteroatoms. The molecule has 1 aromatic heterocycles. The molecule has 1 heterocycles. The Labute approximate surface area is 118 Å². The number of nitrogens with zero attached hydrogens (tertiary/aromatic N) is 2. The Morgan fingerprint density at radius 3 is 2.70 bits per heavy atom. The van der Waals surface area contributed by atoms with E-state index in [0.717, 1.165) is 23.0 Å². The van der Waals surface area contributed by atoms with Crippen molar-refractivity contribution < 1.29 is 4.79 Å². The molecule has 0 unspecified atom stereocenters. The molecule has 0 saturated carbocycles. The van der Waals surface area contributed by atoms with Crippen molar-refractivity contribution in [1.82, 2.24) is 9.78 Å². The number of rotatable bonds is 4. The molecule has 20 heavy (non-hydrogen) atoms. The van der Waals surface area contributed by atoms with E-state index in [0.29, 0.717) is 23.6 Å². The molecular formula is C16H19N3O. The number of hydrogen-bond acceptors (Lipinski definition) is 3. The Balaban J connectivity index is 2.61. The fraction of sp³-hybridized carbons (Fsp3) is 0.250. The minimum atomic E-state index is 0.387. The van der Waals surface area contributed by atoms with E-state index in [2.05, 4.69) is 17.7 Å². The molecule has 0 saturated heterocycles. The summed E-state index contributed by atoms with van der Waals surface area (Å²) in [4.78, 5) is 11.3. The maximum atomic E-state index is 11.3. The summed E-state index contributed by atoms with van der Waals surface area (Å²) in [6, 6.07) is 6.05. The topological polar surface area (TPSA) is 60.9 Å². The van der Waals surface area contributed by atoms with Gasteiger partial charge >= 0.3 is 0 Å². The Hall–Kier alpha value is -2.36. The van der Waals surface area contributed by atoms with Crippen LogP contribution in [0.25, 0.3) is 11.3 Å². The molecular weight excluding hydrogens is 250 g/mol. The molecule has 0 aliphatic carbocycles. The van der Waals surface area contributed by atoms with Crippen LogP contribution in [0.1, 0.15) is 28.4 Å². The molecule has 0 bridgehead atoms. The standard InChI is InChI=1S/C16H19N3O/c1-10(2)8-19-16(17)14(9-20)15(18-19)13-6-5-11(3)7-12(13)4/h5-7,9H,1,8,17H2,2-4H3. The minimum Gasteiger partial charge on any atom is -0.383 e. The summed E-state index contributed by atoms with van der Waals surface area (Å²) in [6.45, 7) is 10.3. The first-order valence-electron chi connectivity index (χ1n) is 6.47. The number of benzene rings is 1. The zero-order valence-corrected chi connectivity index (χ0v) is 12.1. The van der Waals surface area contributed by atoms with Crippen LogP contribution < -0.4 is 5.73 Å². The molecule has 0 radical (unpaired) electrons. The molecule has 104 valence electrons. The highest BCUT2D eigenvalue weighted by Gasteiger charge is 2.17. The van der Waals surface area contributed by atoms with E-state index in [4.69, 9.17) is 5.73 Å². The molecule has 0 amide bonds. The molecule has 0 atom stereocenters. The van der Waals surface area contributed by atoms with Gasteiger partial charge in [-0.25, -0.2) is 4.68 Å². The zero-order chi connectivity index (χ0) is 14.9. The third-order valence-electron chi connectivity index (χ3n) is 3.20. The molecule has 4 nitrogen and oxygen atoms in total. The molecule has 2 aromatic rings. The van der Waals surface area contributed by atoms with Gasteiger partial charge in [-0.05, 0) is 26.3 Å². The van der Waals surface area contributed by atoms with Gasteiger partial charge in [-0.2, -0.15) is 5.10 Å².